The van der Waals surface area contributed by atoms with E-state index in [1.165, 1.54) is 12.1 Å². The summed E-state index contributed by atoms with van der Waals surface area (Å²) in [5, 5.41) is 33.4. The van der Waals surface area contributed by atoms with E-state index in [-0.39, 0.29) is 21.3 Å². The van der Waals surface area contributed by atoms with Crippen LogP contribution in [0, 0.1) is 22.7 Å². The number of hydrogen-bond donors (Lipinski definition) is 4. The summed E-state index contributed by atoms with van der Waals surface area (Å²) < 4.78 is 0. The standard InChI is InChI=1S/C6H6O2.C4H2N2S2/c7-5-3-1-2-4-6(5)8;5-1-3(7)4(8)2-6/h1-4,7-8H;7-8H/b;4-3-. The summed E-state index contributed by atoms with van der Waals surface area (Å²) in [7, 11) is 0. The average Bonchev–Trinajstić information content (AvgIpc) is 2.31. The van der Waals surface area contributed by atoms with Gasteiger partial charge < -0.3 is 10.2 Å². The molecule has 0 radical (unpaired) electrons. The smallest absolute Gasteiger partial charge is 0.157 e. The maximum absolute atomic E-state index is 8.67. The first kappa shape index (κ1) is 14.2. The molecule has 4 nitrogen and oxygen atoms in total. The Kier molecular flexibility index (Phi) is 6.69. The predicted molar refractivity (Wildman–Crippen MR) is 66.0 cm³/mol. The van der Waals surface area contributed by atoms with Crippen molar-refractivity contribution in [2.45, 2.75) is 0 Å². The highest BCUT2D eigenvalue weighted by atomic mass is 32.1. The molecule has 0 fully saturated rings. The van der Waals surface area contributed by atoms with Gasteiger partial charge in [-0.25, -0.2) is 0 Å². The zero-order chi connectivity index (χ0) is 12.6. The lowest BCUT2D eigenvalue weighted by atomic mass is 10.3. The molecule has 0 spiro atoms. The fourth-order valence-corrected chi connectivity index (χ4v) is 0.670. The number of aromatic hydroxyl groups is 2. The van der Waals surface area contributed by atoms with E-state index in [4.69, 9.17) is 20.7 Å². The average molecular weight is 252 g/mol. The van der Waals surface area contributed by atoms with Crippen LogP contribution in [0.4, 0.5) is 0 Å². The van der Waals surface area contributed by atoms with Gasteiger partial charge >= 0.3 is 0 Å². The van der Waals surface area contributed by atoms with Gasteiger partial charge in [-0.2, -0.15) is 10.5 Å². The largest absolute Gasteiger partial charge is 0.504 e. The summed E-state index contributed by atoms with van der Waals surface area (Å²) in [6.45, 7) is 0. The lowest BCUT2D eigenvalue weighted by Crippen LogP contribution is -1.66. The van der Waals surface area contributed by atoms with E-state index in [0.29, 0.717) is 0 Å². The Hall–Kier alpha value is -1.76. The fourth-order valence-electron chi connectivity index (χ4n) is 0.570. The molecule has 1 aromatic rings. The molecule has 0 saturated carbocycles. The molecule has 0 aliphatic heterocycles. The molecule has 0 atom stereocenters. The molecule has 0 aliphatic rings. The Balaban J connectivity index is 0.000000281. The third-order valence-corrected chi connectivity index (χ3v) is 2.14. The van der Waals surface area contributed by atoms with Crippen molar-refractivity contribution in [1.82, 2.24) is 0 Å². The zero-order valence-corrected chi connectivity index (χ0v) is 9.78. The molecular weight excluding hydrogens is 244 g/mol. The monoisotopic (exact) mass is 252 g/mol. The van der Waals surface area contributed by atoms with Gasteiger partial charge in [-0.05, 0) is 12.1 Å². The number of benzene rings is 1. The van der Waals surface area contributed by atoms with E-state index < -0.39 is 0 Å². The molecule has 0 bridgehead atoms. The van der Waals surface area contributed by atoms with Crippen molar-refractivity contribution in [3.8, 4) is 23.6 Å². The Morgan fingerprint density at radius 3 is 1.44 bits per heavy atom. The van der Waals surface area contributed by atoms with Crippen LogP contribution >= 0.6 is 25.3 Å². The highest BCUT2D eigenvalue weighted by Crippen LogP contribution is 2.21. The van der Waals surface area contributed by atoms with Gasteiger partial charge in [-0.3, -0.25) is 0 Å². The highest BCUT2D eigenvalue weighted by molar-refractivity contribution is 7.89. The maximum Gasteiger partial charge on any atom is 0.157 e. The third-order valence-electron chi connectivity index (χ3n) is 1.32. The Morgan fingerprint density at radius 1 is 0.938 bits per heavy atom. The van der Waals surface area contributed by atoms with Gasteiger partial charge in [0.15, 0.2) is 11.5 Å². The SMILES string of the molecule is N#C/C(S)=C(/S)C#N.Oc1ccccc1O. The van der Waals surface area contributed by atoms with Crippen LogP contribution in [0.1, 0.15) is 0 Å². The maximum atomic E-state index is 8.67. The molecule has 0 aromatic heterocycles. The first-order chi connectivity index (χ1) is 7.52. The normalized spacial score (nSPS) is 10.0. The Morgan fingerprint density at radius 2 is 1.25 bits per heavy atom. The van der Waals surface area contributed by atoms with Gasteiger partial charge in [-0.15, -0.1) is 25.3 Å². The summed E-state index contributed by atoms with van der Waals surface area (Å²) in [6, 6.07) is 9.47. The van der Waals surface area contributed by atoms with Crippen LogP contribution in [0.5, 0.6) is 11.5 Å². The molecule has 6 heteroatoms. The summed E-state index contributed by atoms with van der Waals surface area (Å²) in [5.74, 6) is -0.153. The highest BCUT2D eigenvalue weighted by Gasteiger charge is 1.92. The number of phenolic OH excluding ortho intramolecular Hbond substituents is 2. The fraction of sp³-hybridized carbons (Fsp3) is 0. The van der Waals surface area contributed by atoms with Crippen molar-refractivity contribution in [2.75, 3.05) is 0 Å². The molecule has 0 unspecified atom stereocenters. The van der Waals surface area contributed by atoms with Crippen LogP contribution in [-0.4, -0.2) is 10.2 Å². The summed E-state index contributed by atoms with van der Waals surface area (Å²) >= 11 is 7.25. The van der Waals surface area contributed by atoms with Crippen LogP contribution < -0.4 is 0 Å². The van der Waals surface area contributed by atoms with Crippen LogP contribution in [0.2, 0.25) is 0 Å². The van der Waals surface area contributed by atoms with Crippen LogP contribution in [-0.2, 0) is 0 Å². The molecule has 1 aromatic carbocycles. The van der Waals surface area contributed by atoms with Gasteiger partial charge in [0.25, 0.3) is 0 Å². The molecule has 0 heterocycles. The minimum Gasteiger partial charge on any atom is -0.504 e. The van der Waals surface area contributed by atoms with E-state index in [0.717, 1.165) is 0 Å². The van der Waals surface area contributed by atoms with Crippen LogP contribution in [0.15, 0.2) is 34.1 Å². The van der Waals surface area contributed by atoms with Crippen molar-refractivity contribution < 1.29 is 10.2 Å². The quantitative estimate of drug-likeness (QED) is 0.324. The summed E-state index contributed by atoms with van der Waals surface area (Å²) in [6.07, 6.45) is 0. The van der Waals surface area contributed by atoms with Gasteiger partial charge in [0.05, 0.1) is 0 Å². The van der Waals surface area contributed by atoms with Crippen molar-refractivity contribution in [2.24, 2.45) is 0 Å². The first-order valence-electron chi connectivity index (χ1n) is 3.92. The lowest BCUT2D eigenvalue weighted by Gasteiger charge is -1.91. The van der Waals surface area contributed by atoms with Gasteiger partial charge in [0.1, 0.15) is 21.9 Å². The minimum atomic E-state index is -0.0764. The van der Waals surface area contributed by atoms with E-state index in [1.54, 1.807) is 24.3 Å². The lowest BCUT2D eigenvalue weighted by molar-refractivity contribution is 0.404. The second-order valence-corrected chi connectivity index (χ2v) is 3.30. The van der Waals surface area contributed by atoms with E-state index in [9.17, 15) is 0 Å². The van der Waals surface area contributed by atoms with Crippen molar-refractivity contribution in [1.29, 1.82) is 10.5 Å². The summed E-state index contributed by atoms with van der Waals surface area (Å²) in [5.41, 5.74) is 0. The molecule has 0 aliphatic carbocycles. The van der Waals surface area contributed by atoms with Crippen molar-refractivity contribution in [3.63, 3.8) is 0 Å². The number of phenols is 2. The number of hydrogen-bond acceptors (Lipinski definition) is 6. The number of para-hydroxylation sites is 2. The van der Waals surface area contributed by atoms with E-state index in [2.05, 4.69) is 25.3 Å². The number of nitrogens with zero attached hydrogens (tertiary/aromatic N) is 2. The molecule has 1 rings (SSSR count). The van der Waals surface area contributed by atoms with Gasteiger partial charge in [-0.1, -0.05) is 12.1 Å². The Bertz CT molecular complexity index is 429. The van der Waals surface area contributed by atoms with E-state index in [1.807, 2.05) is 0 Å². The topological polar surface area (TPSA) is 88.0 Å². The van der Waals surface area contributed by atoms with Gasteiger partial charge in [0.2, 0.25) is 0 Å². The molecule has 16 heavy (non-hydrogen) atoms. The van der Waals surface area contributed by atoms with Gasteiger partial charge in [0, 0.05) is 0 Å². The predicted octanol–water partition coefficient (Wildman–Crippen LogP) is 2.20. The van der Waals surface area contributed by atoms with E-state index >= 15 is 0 Å². The minimum absolute atomic E-state index is 0.0517. The number of nitriles is 2. The van der Waals surface area contributed by atoms with Crippen molar-refractivity contribution >= 4 is 25.3 Å². The van der Waals surface area contributed by atoms with Crippen LogP contribution in [0.3, 0.4) is 0 Å². The molecule has 82 valence electrons. The summed E-state index contributed by atoms with van der Waals surface area (Å²) in [4.78, 5) is 0.103. The Labute approximate surface area is 104 Å². The molecule has 2 N–H and O–H groups in total. The van der Waals surface area contributed by atoms with Crippen LogP contribution in [0.25, 0.3) is 0 Å². The third kappa shape index (κ3) is 5.20. The second-order valence-electron chi connectivity index (χ2n) is 2.41. The first-order valence-corrected chi connectivity index (χ1v) is 4.81. The number of thiol groups is 2. The molecule has 0 saturated heterocycles. The molecular formula is C10H8N2O2S2. The van der Waals surface area contributed by atoms with Crippen molar-refractivity contribution in [3.05, 3.63) is 34.1 Å². The zero-order valence-electron chi connectivity index (χ0n) is 7.99. The number of allylic oxidation sites excluding steroid dienone is 2. The second kappa shape index (κ2) is 7.52. The number of rotatable bonds is 0. The molecule has 0 amide bonds.